The third-order valence-electron chi connectivity index (χ3n) is 3.24. The fourth-order valence-corrected chi connectivity index (χ4v) is 3.40. The van der Waals surface area contributed by atoms with Gasteiger partial charge in [-0.15, -0.1) is 0 Å². The number of rotatable bonds is 6. The van der Waals surface area contributed by atoms with Crippen molar-refractivity contribution < 1.29 is 0 Å². The molecule has 0 fully saturated rings. The van der Waals surface area contributed by atoms with Crippen LogP contribution in [0.15, 0.2) is 39.4 Å². The van der Waals surface area contributed by atoms with E-state index in [1.165, 1.54) is 11.3 Å². The van der Waals surface area contributed by atoms with Crippen LogP contribution in [0.1, 0.15) is 31.1 Å². The van der Waals surface area contributed by atoms with E-state index in [1.54, 1.807) is 0 Å². The lowest BCUT2D eigenvalue weighted by Gasteiger charge is -2.20. The van der Waals surface area contributed by atoms with Crippen molar-refractivity contribution in [2.24, 2.45) is 0 Å². The number of likely N-dealkylation sites (N-methyl/N-ethyl adjacent to an activating group) is 1. The van der Waals surface area contributed by atoms with Crippen LogP contribution in [0, 0.1) is 0 Å². The van der Waals surface area contributed by atoms with E-state index in [1.807, 2.05) is 6.20 Å². The van der Waals surface area contributed by atoms with Gasteiger partial charge >= 0.3 is 0 Å². The molecule has 2 rings (SSSR count). The van der Waals surface area contributed by atoms with Crippen molar-refractivity contribution in [2.45, 2.75) is 32.9 Å². The SMILES string of the molecule is CCNC(Cc1cccc(Br)c1)c1c(Br)cnn1CC. The van der Waals surface area contributed by atoms with Gasteiger partial charge in [-0.3, -0.25) is 4.68 Å². The second-order valence-electron chi connectivity index (χ2n) is 4.64. The topological polar surface area (TPSA) is 29.9 Å². The summed E-state index contributed by atoms with van der Waals surface area (Å²) in [5.41, 5.74) is 2.52. The maximum atomic E-state index is 4.42. The molecule has 0 radical (unpaired) electrons. The van der Waals surface area contributed by atoms with Gasteiger partial charge in [-0.05, 0) is 53.5 Å². The number of hydrogen-bond donors (Lipinski definition) is 1. The van der Waals surface area contributed by atoms with E-state index in [9.17, 15) is 0 Å². The summed E-state index contributed by atoms with van der Waals surface area (Å²) in [5, 5.41) is 7.98. The number of hydrogen-bond acceptors (Lipinski definition) is 2. The quantitative estimate of drug-likeness (QED) is 0.782. The zero-order chi connectivity index (χ0) is 14.5. The lowest BCUT2D eigenvalue weighted by Crippen LogP contribution is -2.26. The standard InChI is InChI=1S/C15H19Br2N3/c1-3-18-14(9-11-6-5-7-12(16)8-11)15-13(17)10-19-20(15)4-2/h5-8,10,14,18H,3-4,9H2,1-2H3. The van der Waals surface area contributed by atoms with Crippen LogP contribution in [0.2, 0.25) is 0 Å². The van der Waals surface area contributed by atoms with Gasteiger partial charge in [-0.1, -0.05) is 35.0 Å². The Hall–Kier alpha value is -0.650. The molecule has 0 aliphatic carbocycles. The van der Waals surface area contributed by atoms with Crippen molar-refractivity contribution in [3.05, 3.63) is 50.7 Å². The van der Waals surface area contributed by atoms with Crippen molar-refractivity contribution in [3.8, 4) is 0 Å². The lowest BCUT2D eigenvalue weighted by molar-refractivity contribution is 0.488. The van der Waals surface area contributed by atoms with Crippen molar-refractivity contribution in [2.75, 3.05) is 6.54 Å². The maximum absolute atomic E-state index is 4.42. The van der Waals surface area contributed by atoms with Gasteiger partial charge in [-0.2, -0.15) is 5.10 Å². The normalized spacial score (nSPS) is 12.6. The number of benzene rings is 1. The fraction of sp³-hybridized carbons (Fsp3) is 0.400. The Morgan fingerprint density at radius 2 is 2.10 bits per heavy atom. The zero-order valence-electron chi connectivity index (χ0n) is 11.7. The first-order valence-electron chi connectivity index (χ1n) is 6.84. The molecule has 108 valence electrons. The molecule has 0 aliphatic rings. The average Bonchev–Trinajstić information content (AvgIpc) is 2.79. The van der Waals surface area contributed by atoms with Gasteiger partial charge in [0.15, 0.2) is 0 Å². The third-order valence-corrected chi connectivity index (χ3v) is 4.35. The lowest BCUT2D eigenvalue weighted by atomic mass is 10.0. The maximum Gasteiger partial charge on any atom is 0.0698 e. The Balaban J connectivity index is 2.29. The molecule has 20 heavy (non-hydrogen) atoms. The highest BCUT2D eigenvalue weighted by atomic mass is 79.9. The fourth-order valence-electron chi connectivity index (χ4n) is 2.38. The molecular weight excluding hydrogens is 382 g/mol. The monoisotopic (exact) mass is 399 g/mol. The first-order valence-corrected chi connectivity index (χ1v) is 8.43. The van der Waals surface area contributed by atoms with Crippen LogP contribution in [0.3, 0.4) is 0 Å². The van der Waals surface area contributed by atoms with E-state index < -0.39 is 0 Å². The minimum atomic E-state index is 0.256. The van der Waals surface area contributed by atoms with Crippen molar-refractivity contribution in [1.82, 2.24) is 15.1 Å². The molecule has 0 bridgehead atoms. The van der Waals surface area contributed by atoms with Crippen molar-refractivity contribution >= 4 is 31.9 Å². The first kappa shape index (κ1) is 15.7. The number of nitrogens with zero attached hydrogens (tertiary/aromatic N) is 2. The Labute approximate surface area is 137 Å². The van der Waals surface area contributed by atoms with Gasteiger partial charge < -0.3 is 5.32 Å². The summed E-state index contributed by atoms with van der Waals surface area (Å²) in [5.74, 6) is 0. The molecular formula is C15H19Br2N3. The highest BCUT2D eigenvalue weighted by Crippen LogP contribution is 2.27. The number of aromatic nitrogens is 2. The Kier molecular flexibility index (Phi) is 5.81. The minimum absolute atomic E-state index is 0.256. The van der Waals surface area contributed by atoms with Crippen LogP contribution >= 0.6 is 31.9 Å². The summed E-state index contributed by atoms with van der Waals surface area (Å²) in [6.45, 7) is 6.06. The number of halogens is 2. The van der Waals surface area contributed by atoms with Crippen molar-refractivity contribution in [3.63, 3.8) is 0 Å². The van der Waals surface area contributed by atoms with Gasteiger partial charge in [0.05, 0.1) is 22.4 Å². The predicted octanol–water partition coefficient (Wildman–Crippen LogP) is 4.32. The van der Waals surface area contributed by atoms with Gasteiger partial charge in [0, 0.05) is 11.0 Å². The molecule has 2 aromatic rings. The Morgan fingerprint density at radius 1 is 1.30 bits per heavy atom. The summed E-state index contributed by atoms with van der Waals surface area (Å²) >= 11 is 7.16. The molecule has 1 heterocycles. The van der Waals surface area contributed by atoms with Crippen LogP contribution in [-0.4, -0.2) is 16.3 Å². The molecule has 0 spiro atoms. The van der Waals surface area contributed by atoms with Gasteiger partial charge in [0.2, 0.25) is 0 Å². The van der Waals surface area contributed by atoms with Crippen LogP contribution < -0.4 is 5.32 Å². The predicted molar refractivity (Wildman–Crippen MR) is 89.9 cm³/mol. The number of aryl methyl sites for hydroxylation is 1. The highest BCUT2D eigenvalue weighted by Gasteiger charge is 2.19. The third kappa shape index (κ3) is 3.71. The van der Waals surface area contributed by atoms with E-state index in [2.05, 4.69) is 85.1 Å². The average molecular weight is 401 g/mol. The van der Waals surface area contributed by atoms with E-state index in [4.69, 9.17) is 0 Å². The molecule has 0 saturated carbocycles. The summed E-state index contributed by atoms with van der Waals surface area (Å²) in [6.07, 6.45) is 2.82. The largest absolute Gasteiger partial charge is 0.309 e. The van der Waals surface area contributed by atoms with E-state index in [0.717, 1.165) is 28.5 Å². The molecule has 1 aromatic heterocycles. The number of nitrogens with one attached hydrogen (secondary N) is 1. The zero-order valence-corrected chi connectivity index (χ0v) is 14.9. The van der Waals surface area contributed by atoms with Crippen LogP contribution in [0.4, 0.5) is 0 Å². The first-order chi connectivity index (χ1) is 9.65. The smallest absolute Gasteiger partial charge is 0.0698 e. The molecule has 1 N–H and O–H groups in total. The minimum Gasteiger partial charge on any atom is -0.309 e. The second kappa shape index (κ2) is 7.38. The molecule has 1 aromatic carbocycles. The van der Waals surface area contributed by atoms with E-state index in [0.29, 0.717) is 0 Å². The summed E-state index contributed by atoms with van der Waals surface area (Å²) < 4.78 is 4.24. The van der Waals surface area contributed by atoms with E-state index in [-0.39, 0.29) is 6.04 Å². The highest BCUT2D eigenvalue weighted by molar-refractivity contribution is 9.10. The van der Waals surface area contributed by atoms with Gasteiger partial charge in [-0.25, -0.2) is 0 Å². The summed E-state index contributed by atoms with van der Waals surface area (Å²) in [7, 11) is 0. The Morgan fingerprint density at radius 3 is 2.75 bits per heavy atom. The molecule has 3 nitrogen and oxygen atoms in total. The van der Waals surface area contributed by atoms with Gasteiger partial charge in [0.1, 0.15) is 0 Å². The van der Waals surface area contributed by atoms with Crippen LogP contribution in [0.5, 0.6) is 0 Å². The van der Waals surface area contributed by atoms with Gasteiger partial charge in [0.25, 0.3) is 0 Å². The molecule has 0 saturated heterocycles. The second-order valence-corrected chi connectivity index (χ2v) is 6.41. The van der Waals surface area contributed by atoms with Crippen LogP contribution in [0.25, 0.3) is 0 Å². The van der Waals surface area contributed by atoms with E-state index >= 15 is 0 Å². The van der Waals surface area contributed by atoms with Crippen molar-refractivity contribution in [1.29, 1.82) is 0 Å². The summed E-state index contributed by atoms with van der Waals surface area (Å²) in [4.78, 5) is 0. The molecule has 0 amide bonds. The molecule has 1 atom stereocenters. The molecule has 5 heteroatoms. The molecule has 0 aliphatic heterocycles. The van der Waals surface area contributed by atoms with Crippen LogP contribution in [-0.2, 0) is 13.0 Å². The Bertz CT molecular complexity index is 566. The molecule has 1 unspecified atom stereocenters. The summed E-state index contributed by atoms with van der Waals surface area (Å²) in [6, 6.07) is 8.72.